The number of hydrogen-bond acceptors (Lipinski definition) is 3. The third-order valence-electron chi connectivity index (χ3n) is 11.4. The number of thiophene rings is 2. The number of aromatic nitrogens is 1. The zero-order chi connectivity index (χ0) is 36.7. The third kappa shape index (κ3) is 4.73. The molecule has 0 aliphatic carbocycles. The number of hydrogen-bond donors (Lipinski definition) is 0. The minimum absolute atomic E-state index is 1.12. The van der Waals surface area contributed by atoms with Gasteiger partial charge in [0.1, 0.15) is 0 Å². The molecule has 0 amide bonds. The van der Waals surface area contributed by atoms with E-state index >= 15 is 0 Å². The molecule has 12 rings (SSSR count). The molecule has 0 radical (unpaired) electrons. The van der Waals surface area contributed by atoms with Crippen molar-refractivity contribution < 1.29 is 0 Å². The molecule has 12 aromatic rings. The first-order chi connectivity index (χ1) is 27.8. The second-order valence-corrected chi connectivity index (χ2v) is 16.6. The summed E-state index contributed by atoms with van der Waals surface area (Å²) in [5.74, 6) is 0. The highest BCUT2D eigenvalue weighted by Crippen LogP contribution is 2.49. The van der Waals surface area contributed by atoms with E-state index in [1.807, 2.05) is 22.7 Å². The number of anilines is 3. The Morgan fingerprint density at radius 3 is 1.89 bits per heavy atom. The van der Waals surface area contributed by atoms with Crippen LogP contribution >= 0.6 is 22.7 Å². The van der Waals surface area contributed by atoms with E-state index in [0.29, 0.717) is 0 Å². The van der Waals surface area contributed by atoms with Crippen LogP contribution in [0.4, 0.5) is 17.1 Å². The summed E-state index contributed by atoms with van der Waals surface area (Å²) in [4.78, 5) is 2.43. The summed E-state index contributed by atoms with van der Waals surface area (Å²) in [5.41, 5.74) is 9.35. The van der Waals surface area contributed by atoms with Gasteiger partial charge in [-0.25, -0.2) is 0 Å². The number of para-hydroxylation sites is 3. The lowest BCUT2D eigenvalue weighted by atomic mass is 9.97. The number of benzene rings is 9. The fraction of sp³-hybridized carbons (Fsp3) is 0. The van der Waals surface area contributed by atoms with Crippen LogP contribution in [0.2, 0.25) is 0 Å². The summed E-state index contributed by atoms with van der Waals surface area (Å²) in [6.45, 7) is 0. The second-order valence-electron chi connectivity index (χ2n) is 14.5. The van der Waals surface area contributed by atoms with Crippen LogP contribution in [0, 0.1) is 0 Å². The predicted octanol–water partition coefficient (Wildman–Crippen LogP) is 15.8. The number of rotatable bonds is 5. The fourth-order valence-electron chi connectivity index (χ4n) is 8.90. The van der Waals surface area contributed by atoms with Crippen molar-refractivity contribution in [2.24, 2.45) is 0 Å². The van der Waals surface area contributed by atoms with Gasteiger partial charge in [0.25, 0.3) is 0 Å². The Morgan fingerprint density at radius 1 is 0.375 bits per heavy atom. The lowest BCUT2D eigenvalue weighted by Gasteiger charge is -2.28. The van der Waals surface area contributed by atoms with Crippen LogP contribution in [0.5, 0.6) is 0 Å². The van der Waals surface area contributed by atoms with Crippen LogP contribution in [-0.2, 0) is 0 Å². The molecule has 0 bridgehead atoms. The molecule has 56 heavy (non-hydrogen) atoms. The van der Waals surface area contributed by atoms with Crippen molar-refractivity contribution in [3.05, 3.63) is 194 Å². The summed E-state index contributed by atoms with van der Waals surface area (Å²) in [6.07, 6.45) is 0. The van der Waals surface area contributed by atoms with Crippen molar-refractivity contribution in [2.45, 2.75) is 0 Å². The van der Waals surface area contributed by atoms with Gasteiger partial charge in [-0.05, 0) is 77.5 Å². The molecule has 0 aliphatic heterocycles. The Bertz CT molecular complexity index is 3440. The van der Waals surface area contributed by atoms with Crippen molar-refractivity contribution in [3.8, 4) is 16.8 Å². The summed E-state index contributed by atoms with van der Waals surface area (Å²) in [7, 11) is 0. The maximum absolute atomic E-state index is 2.48. The maximum Gasteiger partial charge on any atom is 0.0562 e. The minimum Gasteiger partial charge on any atom is -0.310 e. The Hall–Kier alpha value is -6.72. The molecule has 0 N–H and O–H groups in total. The quantitative estimate of drug-likeness (QED) is 0.170. The van der Waals surface area contributed by atoms with E-state index in [1.165, 1.54) is 84.0 Å². The van der Waals surface area contributed by atoms with Crippen molar-refractivity contribution in [2.75, 3.05) is 4.90 Å². The molecule has 262 valence electrons. The van der Waals surface area contributed by atoms with Gasteiger partial charge in [0.15, 0.2) is 0 Å². The molecule has 9 aromatic carbocycles. The Balaban J connectivity index is 1.19. The largest absolute Gasteiger partial charge is 0.310 e. The smallest absolute Gasteiger partial charge is 0.0562 e. The van der Waals surface area contributed by atoms with Crippen molar-refractivity contribution in [1.29, 1.82) is 0 Å². The lowest BCUT2D eigenvalue weighted by Crippen LogP contribution is -2.11. The van der Waals surface area contributed by atoms with Crippen LogP contribution in [0.1, 0.15) is 0 Å². The van der Waals surface area contributed by atoms with Gasteiger partial charge in [0.05, 0.1) is 16.7 Å². The SMILES string of the molecule is c1ccc(N(c2ccccc2)c2cc3c(cc2-c2cccc4c2sc2ccccc24)c2ccccc2n3-c2ccc3c(c2)sc2ccc4ccccc4c23)cc1. The van der Waals surface area contributed by atoms with Gasteiger partial charge in [-0.2, -0.15) is 0 Å². The van der Waals surface area contributed by atoms with E-state index < -0.39 is 0 Å². The lowest BCUT2D eigenvalue weighted by molar-refractivity contribution is 1.18. The monoisotopic (exact) mass is 748 g/mol. The predicted molar refractivity (Wildman–Crippen MR) is 244 cm³/mol. The average molecular weight is 749 g/mol. The highest BCUT2D eigenvalue weighted by Gasteiger charge is 2.24. The van der Waals surface area contributed by atoms with Gasteiger partial charge >= 0.3 is 0 Å². The molecule has 0 spiro atoms. The molecule has 0 fully saturated rings. The summed E-state index contributed by atoms with van der Waals surface area (Å²) < 4.78 is 7.71. The Labute approximate surface area is 331 Å². The van der Waals surface area contributed by atoms with Crippen molar-refractivity contribution in [1.82, 2.24) is 4.57 Å². The van der Waals surface area contributed by atoms with Gasteiger partial charge in [-0.15, -0.1) is 22.7 Å². The molecule has 3 heterocycles. The highest BCUT2D eigenvalue weighted by atomic mass is 32.1. The van der Waals surface area contributed by atoms with Gasteiger partial charge in [0, 0.05) is 79.3 Å². The molecule has 0 aliphatic rings. The molecule has 3 aromatic heterocycles. The van der Waals surface area contributed by atoms with Gasteiger partial charge in [0.2, 0.25) is 0 Å². The van der Waals surface area contributed by atoms with Gasteiger partial charge < -0.3 is 9.47 Å². The minimum atomic E-state index is 1.12. The molecule has 0 saturated heterocycles. The van der Waals surface area contributed by atoms with E-state index in [0.717, 1.165) is 22.7 Å². The van der Waals surface area contributed by atoms with Crippen molar-refractivity contribution >= 4 is 113 Å². The zero-order valence-corrected chi connectivity index (χ0v) is 31.8. The van der Waals surface area contributed by atoms with E-state index in [4.69, 9.17) is 0 Å². The normalized spacial score (nSPS) is 11.9. The Kier molecular flexibility index (Phi) is 7.00. The first kappa shape index (κ1) is 31.6. The zero-order valence-electron chi connectivity index (χ0n) is 30.2. The molecule has 0 saturated carbocycles. The van der Waals surface area contributed by atoms with Crippen molar-refractivity contribution in [3.63, 3.8) is 0 Å². The number of fused-ring (bicyclic) bond motifs is 11. The topological polar surface area (TPSA) is 8.17 Å². The highest BCUT2D eigenvalue weighted by molar-refractivity contribution is 7.26. The Morgan fingerprint density at radius 2 is 1.07 bits per heavy atom. The van der Waals surface area contributed by atoms with E-state index in [-0.39, 0.29) is 0 Å². The molecular weight excluding hydrogens is 717 g/mol. The third-order valence-corrected chi connectivity index (χ3v) is 13.7. The fourth-order valence-corrected chi connectivity index (χ4v) is 11.3. The summed E-state index contributed by atoms with van der Waals surface area (Å²) in [5, 5.41) is 10.3. The summed E-state index contributed by atoms with van der Waals surface area (Å²) >= 11 is 3.77. The van der Waals surface area contributed by atoms with E-state index in [9.17, 15) is 0 Å². The van der Waals surface area contributed by atoms with Gasteiger partial charge in [-0.3, -0.25) is 0 Å². The average Bonchev–Trinajstić information content (AvgIpc) is 3.93. The second kappa shape index (κ2) is 12.4. The molecule has 0 unspecified atom stereocenters. The number of nitrogens with zero attached hydrogens (tertiary/aromatic N) is 2. The molecule has 0 atom stereocenters. The van der Waals surface area contributed by atoms with Gasteiger partial charge in [-0.1, -0.05) is 127 Å². The van der Waals surface area contributed by atoms with Crippen LogP contribution in [0.15, 0.2) is 194 Å². The summed E-state index contributed by atoms with van der Waals surface area (Å²) in [6, 6.07) is 71.4. The maximum atomic E-state index is 2.48. The van der Waals surface area contributed by atoms with E-state index in [1.54, 1.807) is 0 Å². The first-order valence-electron chi connectivity index (χ1n) is 19.0. The van der Waals surface area contributed by atoms with Crippen LogP contribution in [0.3, 0.4) is 0 Å². The molecular formula is C52H32N2S2. The standard InChI is InChI=1S/C52H32N2S2/c1-3-15-34(16-4-1)53(35-17-5-2-6-18-35)46-32-47-43(31-44(46)41-23-13-22-40-39-21-10-12-25-48(39)56-52(40)41)38-20-9-11-24-45(38)54(47)36-27-28-42-50(30-36)55-49-29-26-33-14-7-8-19-37(33)51(42)49/h1-32H. The molecule has 2 nitrogen and oxygen atoms in total. The van der Waals surface area contributed by atoms with Crippen LogP contribution < -0.4 is 4.90 Å². The first-order valence-corrected chi connectivity index (χ1v) is 20.6. The molecule has 4 heteroatoms. The van der Waals surface area contributed by atoms with Crippen LogP contribution in [0.25, 0.3) is 89.7 Å². The van der Waals surface area contributed by atoms with Crippen LogP contribution in [-0.4, -0.2) is 4.57 Å². The van der Waals surface area contributed by atoms with E-state index in [2.05, 4.69) is 204 Å².